The maximum absolute atomic E-state index is 13.0. The van der Waals surface area contributed by atoms with Gasteiger partial charge in [-0.05, 0) is 63.0 Å². The van der Waals surface area contributed by atoms with Crippen LogP contribution in [0.3, 0.4) is 0 Å². The molecule has 0 radical (unpaired) electrons. The van der Waals surface area contributed by atoms with Gasteiger partial charge >= 0.3 is 0 Å². The minimum Gasteiger partial charge on any atom is -0.507 e. The molecule has 2 heterocycles. The molecule has 1 aromatic carbocycles. The summed E-state index contributed by atoms with van der Waals surface area (Å²) in [5, 5.41) is 11.1. The van der Waals surface area contributed by atoms with Crippen LogP contribution in [0.15, 0.2) is 59.3 Å². The second kappa shape index (κ2) is 9.82. The van der Waals surface area contributed by atoms with E-state index in [0.717, 1.165) is 10.8 Å². The van der Waals surface area contributed by atoms with E-state index in [9.17, 15) is 23.1 Å². The van der Waals surface area contributed by atoms with Gasteiger partial charge in [-0.15, -0.1) is 0 Å². The number of hydrogen-bond acceptors (Lipinski definition) is 7. The van der Waals surface area contributed by atoms with Gasteiger partial charge in [-0.2, -0.15) is 0 Å². The number of carbonyl (C=O) groups excluding carboxylic acids is 2. The summed E-state index contributed by atoms with van der Waals surface area (Å²) >= 11 is 0. The Morgan fingerprint density at radius 1 is 1.09 bits per heavy atom. The number of aliphatic hydroxyl groups excluding tert-OH is 1. The predicted molar refractivity (Wildman–Crippen MR) is 124 cm³/mol. The van der Waals surface area contributed by atoms with Gasteiger partial charge in [0.1, 0.15) is 5.76 Å². The molecular formula is C23H28N4O5S. The van der Waals surface area contributed by atoms with E-state index >= 15 is 0 Å². The predicted octanol–water partition coefficient (Wildman–Crippen LogP) is 1.71. The molecule has 1 atom stereocenters. The van der Waals surface area contributed by atoms with Gasteiger partial charge in [0.2, 0.25) is 10.0 Å². The van der Waals surface area contributed by atoms with E-state index in [1.165, 1.54) is 43.3 Å². The number of aliphatic hydroxyl groups is 1. The zero-order chi connectivity index (χ0) is 24.3. The highest BCUT2D eigenvalue weighted by atomic mass is 32.2. The van der Waals surface area contributed by atoms with Crippen molar-refractivity contribution in [1.29, 1.82) is 0 Å². The molecule has 0 bridgehead atoms. The molecule has 10 heteroatoms. The summed E-state index contributed by atoms with van der Waals surface area (Å²) in [6.07, 6.45) is 3.80. The zero-order valence-corrected chi connectivity index (χ0v) is 19.9. The molecule has 1 fully saturated rings. The van der Waals surface area contributed by atoms with E-state index in [1.807, 2.05) is 19.0 Å². The molecule has 0 saturated carbocycles. The first-order chi connectivity index (χ1) is 15.6. The van der Waals surface area contributed by atoms with Crippen molar-refractivity contribution in [2.45, 2.75) is 17.4 Å². The number of pyridine rings is 1. The summed E-state index contributed by atoms with van der Waals surface area (Å²) in [5.74, 6) is -1.82. The van der Waals surface area contributed by atoms with Crippen molar-refractivity contribution in [2.24, 2.45) is 0 Å². The number of benzene rings is 1. The fourth-order valence-electron chi connectivity index (χ4n) is 3.70. The molecule has 33 heavy (non-hydrogen) atoms. The average molecular weight is 473 g/mol. The Labute approximate surface area is 194 Å². The molecular weight excluding hydrogens is 444 g/mol. The molecule has 176 valence electrons. The van der Waals surface area contributed by atoms with Gasteiger partial charge in [0.15, 0.2) is 0 Å². The van der Waals surface area contributed by atoms with E-state index in [0.29, 0.717) is 18.5 Å². The molecule has 1 aliphatic heterocycles. The molecule has 1 aliphatic rings. The van der Waals surface area contributed by atoms with Gasteiger partial charge < -0.3 is 14.9 Å². The van der Waals surface area contributed by atoms with Gasteiger partial charge in [0.25, 0.3) is 11.7 Å². The fourth-order valence-corrected chi connectivity index (χ4v) is 4.60. The molecule has 0 unspecified atom stereocenters. The van der Waals surface area contributed by atoms with Crippen LogP contribution in [0.1, 0.15) is 23.6 Å². The number of hydrogen-bond donors (Lipinski definition) is 1. The fraction of sp³-hybridized carbons (Fsp3) is 0.348. The Morgan fingerprint density at radius 3 is 2.30 bits per heavy atom. The van der Waals surface area contributed by atoms with E-state index < -0.39 is 27.8 Å². The second-order valence-electron chi connectivity index (χ2n) is 8.25. The molecule has 0 aliphatic carbocycles. The number of ketones is 1. The van der Waals surface area contributed by atoms with Gasteiger partial charge in [-0.3, -0.25) is 14.6 Å². The first-order valence-electron chi connectivity index (χ1n) is 10.4. The Hall–Kier alpha value is -3.08. The lowest BCUT2D eigenvalue weighted by molar-refractivity contribution is -0.139. The standard InChI is InChI=1S/C23H28N4O5S/c1-25(2)13-6-14-27-20(17-7-5-12-24-15-17)19(22(29)23(27)30)21(28)16-8-10-18(11-9-16)33(31,32)26(3)4/h5,7-12,15,20,28H,6,13-14H2,1-4H3/b21-19+/t20-/m0/s1. The van der Waals surface area contributed by atoms with Crippen LogP contribution < -0.4 is 0 Å². The van der Waals surface area contributed by atoms with E-state index in [4.69, 9.17) is 0 Å². The van der Waals surface area contributed by atoms with Gasteiger partial charge in [0.05, 0.1) is 16.5 Å². The highest BCUT2D eigenvalue weighted by Crippen LogP contribution is 2.39. The summed E-state index contributed by atoms with van der Waals surface area (Å²) in [7, 11) is 3.05. The van der Waals surface area contributed by atoms with Crippen molar-refractivity contribution < 1.29 is 23.1 Å². The molecule has 1 saturated heterocycles. The summed E-state index contributed by atoms with van der Waals surface area (Å²) in [5.41, 5.74) is 0.809. The van der Waals surface area contributed by atoms with E-state index in [1.54, 1.807) is 24.5 Å². The Bertz CT molecular complexity index is 1160. The van der Waals surface area contributed by atoms with Gasteiger partial charge in [-0.1, -0.05) is 6.07 Å². The minimum absolute atomic E-state index is 0.0407. The van der Waals surface area contributed by atoms with Crippen molar-refractivity contribution >= 4 is 27.5 Å². The van der Waals surface area contributed by atoms with Crippen LogP contribution in [-0.4, -0.2) is 85.6 Å². The Kier molecular flexibility index (Phi) is 7.31. The Morgan fingerprint density at radius 2 is 1.76 bits per heavy atom. The topological polar surface area (TPSA) is 111 Å². The number of likely N-dealkylation sites (tertiary alicyclic amines) is 1. The van der Waals surface area contributed by atoms with E-state index in [2.05, 4.69) is 4.98 Å². The normalized spacial score (nSPS) is 18.5. The average Bonchev–Trinajstić information content (AvgIpc) is 3.04. The number of nitrogens with zero attached hydrogens (tertiary/aromatic N) is 4. The number of carbonyl (C=O) groups is 2. The lowest BCUT2D eigenvalue weighted by atomic mass is 9.96. The second-order valence-corrected chi connectivity index (χ2v) is 10.4. The third-order valence-electron chi connectivity index (χ3n) is 5.45. The minimum atomic E-state index is -3.64. The first kappa shape index (κ1) is 24.6. The van der Waals surface area contributed by atoms with Crippen LogP contribution in [0, 0.1) is 0 Å². The van der Waals surface area contributed by atoms with Crippen LogP contribution in [0.4, 0.5) is 0 Å². The van der Waals surface area contributed by atoms with Crippen molar-refractivity contribution in [2.75, 3.05) is 41.3 Å². The number of rotatable bonds is 8. The molecule has 0 spiro atoms. The van der Waals surface area contributed by atoms with Crippen molar-refractivity contribution in [3.8, 4) is 0 Å². The number of Topliss-reactive ketones (excluding diaryl/α,β-unsaturated/α-hetero) is 1. The van der Waals surface area contributed by atoms with Crippen molar-refractivity contribution in [3.05, 3.63) is 65.5 Å². The summed E-state index contributed by atoms with van der Waals surface area (Å²) < 4.78 is 25.7. The summed E-state index contributed by atoms with van der Waals surface area (Å²) in [4.78, 5) is 33.5. The maximum Gasteiger partial charge on any atom is 0.295 e. The van der Waals surface area contributed by atoms with Crippen LogP contribution in [0.5, 0.6) is 0 Å². The smallest absolute Gasteiger partial charge is 0.295 e. The van der Waals surface area contributed by atoms with Gasteiger partial charge in [0, 0.05) is 38.6 Å². The lowest BCUT2D eigenvalue weighted by Gasteiger charge is -2.25. The highest BCUT2D eigenvalue weighted by molar-refractivity contribution is 7.89. The molecule has 9 nitrogen and oxygen atoms in total. The van der Waals surface area contributed by atoms with E-state index in [-0.39, 0.29) is 21.8 Å². The highest BCUT2D eigenvalue weighted by Gasteiger charge is 2.45. The molecule has 2 aromatic rings. The maximum atomic E-state index is 13.0. The monoisotopic (exact) mass is 472 g/mol. The number of aromatic nitrogens is 1. The molecule has 1 amide bonds. The van der Waals surface area contributed by atoms with Crippen molar-refractivity contribution in [1.82, 2.24) is 19.1 Å². The van der Waals surface area contributed by atoms with Crippen LogP contribution in [0.25, 0.3) is 5.76 Å². The SMILES string of the molecule is CN(C)CCCN1C(=O)C(=O)/C(=C(/O)c2ccc(S(=O)(=O)N(C)C)cc2)[C@@H]1c1cccnc1. The zero-order valence-electron chi connectivity index (χ0n) is 19.1. The largest absolute Gasteiger partial charge is 0.507 e. The first-order valence-corrected chi connectivity index (χ1v) is 11.9. The lowest BCUT2D eigenvalue weighted by Crippen LogP contribution is -2.32. The number of amides is 1. The van der Waals surface area contributed by atoms with Crippen LogP contribution in [0.2, 0.25) is 0 Å². The summed E-state index contributed by atoms with van der Waals surface area (Å²) in [6, 6.07) is 8.23. The quantitative estimate of drug-likeness (QED) is 0.354. The molecule has 3 rings (SSSR count). The number of sulfonamides is 1. The molecule has 1 aromatic heterocycles. The van der Waals surface area contributed by atoms with Gasteiger partial charge in [-0.25, -0.2) is 12.7 Å². The van der Waals surface area contributed by atoms with Crippen LogP contribution in [-0.2, 0) is 19.6 Å². The third-order valence-corrected chi connectivity index (χ3v) is 7.28. The molecule has 1 N–H and O–H groups in total. The third kappa shape index (κ3) is 4.97. The Balaban J connectivity index is 2.06. The van der Waals surface area contributed by atoms with Crippen LogP contribution >= 0.6 is 0 Å². The van der Waals surface area contributed by atoms with Crippen molar-refractivity contribution in [3.63, 3.8) is 0 Å². The summed E-state index contributed by atoms with van der Waals surface area (Å²) in [6.45, 7) is 1.06.